The van der Waals surface area contributed by atoms with Crippen molar-refractivity contribution >= 4 is 67.6 Å². The van der Waals surface area contributed by atoms with E-state index in [2.05, 4.69) is 15.4 Å². The molecule has 0 unspecified atom stereocenters. The average Bonchev–Trinajstić information content (AvgIpc) is 2.72. The molecule has 6 nitrogen and oxygen atoms in total. The van der Waals surface area contributed by atoms with Crippen LogP contribution in [0.15, 0.2) is 71.6 Å². The Morgan fingerprint density at radius 2 is 1.42 bits per heavy atom. The number of benzene rings is 3. The molecular weight excluding hydrogens is 477 g/mol. The summed E-state index contributed by atoms with van der Waals surface area (Å²) in [4.78, 5) is 0.0921. The van der Waals surface area contributed by atoms with Crippen LogP contribution < -0.4 is 20.1 Å². The standard InChI is InChI=1S/C21H19Cl2N3O3S2/c1-2-29-17-8-3-14(4-9-17)24-21(30)25-15-5-10-18(11-6-15)31(27,28)26-16-7-12-19(22)20(23)13-16/h3-13,26H,2H2,1H3,(H2,24,25,30). The lowest BCUT2D eigenvalue weighted by Crippen LogP contribution is -2.19. The summed E-state index contributed by atoms with van der Waals surface area (Å²) < 4.78 is 33.1. The van der Waals surface area contributed by atoms with Crippen molar-refractivity contribution in [2.45, 2.75) is 11.8 Å². The molecule has 0 saturated carbocycles. The van der Waals surface area contributed by atoms with E-state index in [4.69, 9.17) is 40.2 Å². The van der Waals surface area contributed by atoms with Crippen molar-refractivity contribution in [2.75, 3.05) is 22.0 Å². The van der Waals surface area contributed by atoms with Gasteiger partial charge in [-0.2, -0.15) is 0 Å². The van der Waals surface area contributed by atoms with Gasteiger partial charge in [-0.25, -0.2) is 8.42 Å². The van der Waals surface area contributed by atoms with Crippen molar-refractivity contribution in [1.82, 2.24) is 0 Å². The maximum atomic E-state index is 12.6. The topological polar surface area (TPSA) is 79.5 Å². The second kappa shape index (κ2) is 10.2. The third-order valence-electron chi connectivity index (χ3n) is 4.02. The Labute approximate surface area is 196 Å². The quantitative estimate of drug-likeness (QED) is 0.348. The number of hydrogen-bond acceptors (Lipinski definition) is 4. The second-order valence-corrected chi connectivity index (χ2v) is 9.20. The SMILES string of the molecule is CCOc1ccc(NC(=S)Nc2ccc(S(=O)(=O)Nc3ccc(Cl)c(Cl)c3)cc2)cc1. The Morgan fingerprint density at radius 1 is 0.871 bits per heavy atom. The van der Waals surface area contributed by atoms with E-state index in [-0.39, 0.29) is 9.92 Å². The molecule has 0 heterocycles. The first-order valence-electron chi connectivity index (χ1n) is 9.15. The van der Waals surface area contributed by atoms with Crippen molar-refractivity contribution in [3.63, 3.8) is 0 Å². The molecule has 0 aromatic heterocycles. The van der Waals surface area contributed by atoms with E-state index >= 15 is 0 Å². The Hall–Kier alpha value is -2.52. The van der Waals surface area contributed by atoms with Gasteiger partial charge >= 0.3 is 0 Å². The van der Waals surface area contributed by atoms with Crippen molar-refractivity contribution in [3.8, 4) is 5.75 Å². The van der Waals surface area contributed by atoms with Gasteiger partial charge in [0, 0.05) is 11.4 Å². The van der Waals surface area contributed by atoms with Crippen molar-refractivity contribution < 1.29 is 13.2 Å². The lowest BCUT2D eigenvalue weighted by Gasteiger charge is -2.12. The Bertz CT molecular complexity index is 1170. The summed E-state index contributed by atoms with van der Waals surface area (Å²) in [6, 6.07) is 18.1. The summed E-state index contributed by atoms with van der Waals surface area (Å²) in [6.07, 6.45) is 0. The zero-order chi connectivity index (χ0) is 22.4. The first-order chi connectivity index (χ1) is 14.8. The molecule has 31 heavy (non-hydrogen) atoms. The van der Waals surface area contributed by atoms with E-state index in [9.17, 15) is 8.42 Å². The first-order valence-corrected chi connectivity index (χ1v) is 11.8. The van der Waals surface area contributed by atoms with E-state index in [1.165, 1.54) is 30.3 Å². The maximum absolute atomic E-state index is 12.6. The molecule has 10 heteroatoms. The molecule has 0 radical (unpaired) electrons. The molecule has 0 aliphatic carbocycles. The van der Waals surface area contributed by atoms with Crippen molar-refractivity contribution in [3.05, 3.63) is 76.8 Å². The Morgan fingerprint density at radius 3 is 1.97 bits per heavy atom. The minimum atomic E-state index is -3.79. The summed E-state index contributed by atoms with van der Waals surface area (Å²) in [7, 11) is -3.79. The highest BCUT2D eigenvalue weighted by Crippen LogP contribution is 2.27. The van der Waals surface area contributed by atoms with Crippen LogP contribution in [0.25, 0.3) is 0 Å². The molecule has 3 aromatic carbocycles. The third-order valence-corrected chi connectivity index (χ3v) is 6.36. The monoisotopic (exact) mass is 495 g/mol. The third kappa shape index (κ3) is 6.48. The maximum Gasteiger partial charge on any atom is 0.261 e. The summed E-state index contributed by atoms with van der Waals surface area (Å²) in [5.41, 5.74) is 1.75. The van der Waals surface area contributed by atoms with Crippen LogP contribution in [0.5, 0.6) is 5.75 Å². The van der Waals surface area contributed by atoms with E-state index in [1.807, 2.05) is 31.2 Å². The van der Waals surface area contributed by atoms with Gasteiger partial charge in [-0.05, 0) is 85.9 Å². The van der Waals surface area contributed by atoms with Gasteiger partial charge in [0.15, 0.2) is 5.11 Å². The molecule has 0 bridgehead atoms. The molecule has 0 spiro atoms. The summed E-state index contributed by atoms with van der Waals surface area (Å²) in [6.45, 7) is 2.52. The summed E-state index contributed by atoms with van der Waals surface area (Å²) in [5, 5.41) is 7.04. The molecule has 0 atom stereocenters. The van der Waals surface area contributed by atoms with Crippen LogP contribution in [0.3, 0.4) is 0 Å². The summed E-state index contributed by atoms with van der Waals surface area (Å²) >= 11 is 17.1. The fraction of sp³-hybridized carbons (Fsp3) is 0.0952. The van der Waals surface area contributed by atoms with Crippen LogP contribution in [0.1, 0.15) is 6.92 Å². The molecule has 3 rings (SSSR count). The minimum absolute atomic E-state index is 0.0921. The van der Waals surface area contributed by atoms with Gasteiger partial charge in [-0.15, -0.1) is 0 Å². The molecule has 0 saturated heterocycles. The van der Waals surface area contributed by atoms with Crippen LogP contribution in [0.2, 0.25) is 10.0 Å². The molecule has 3 N–H and O–H groups in total. The Kier molecular flexibility index (Phi) is 7.61. The van der Waals surface area contributed by atoms with Crippen LogP contribution in [-0.4, -0.2) is 20.1 Å². The van der Waals surface area contributed by atoms with E-state index in [0.29, 0.717) is 28.1 Å². The predicted octanol–water partition coefficient (Wildman–Crippen LogP) is 6.00. The Balaban J connectivity index is 1.62. The first kappa shape index (κ1) is 23.1. The molecule has 162 valence electrons. The van der Waals surface area contributed by atoms with Gasteiger partial charge < -0.3 is 15.4 Å². The van der Waals surface area contributed by atoms with E-state index in [1.54, 1.807) is 12.1 Å². The number of sulfonamides is 1. The highest BCUT2D eigenvalue weighted by Gasteiger charge is 2.15. The number of thiocarbonyl (C=S) groups is 1. The fourth-order valence-electron chi connectivity index (χ4n) is 2.59. The number of rotatable bonds is 7. The number of nitrogens with one attached hydrogen (secondary N) is 3. The fourth-order valence-corrected chi connectivity index (χ4v) is 4.17. The van der Waals surface area contributed by atoms with Gasteiger partial charge in [0.2, 0.25) is 0 Å². The second-order valence-electron chi connectivity index (χ2n) is 6.30. The normalized spacial score (nSPS) is 10.9. The van der Waals surface area contributed by atoms with Crippen molar-refractivity contribution in [1.29, 1.82) is 0 Å². The largest absolute Gasteiger partial charge is 0.494 e. The lowest BCUT2D eigenvalue weighted by molar-refractivity contribution is 0.340. The van der Waals surface area contributed by atoms with Crippen LogP contribution in [0.4, 0.5) is 17.1 Å². The molecule has 0 aliphatic rings. The molecule has 3 aromatic rings. The van der Waals surface area contributed by atoms with Gasteiger partial charge in [0.25, 0.3) is 10.0 Å². The van der Waals surface area contributed by atoms with Gasteiger partial charge in [0.1, 0.15) is 5.75 Å². The molecular formula is C21H19Cl2N3O3S2. The number of ether oxygens (including phenoxy) is 1. The van der Waals surface area contributed by atoms with Crippen molar-refractivity contribution in [2.24, 2.45) is 0 Å². The van der Waals surface area contributed by atoms with Gasteiger partial charge in [-0.1, -0.05) is 23.2 Å². The van der Waals surface area contributed by atoms with Crippen LogP contribution in [-0.2, 0) is 10.0 Å². The molecule has 0 fully saturated rings. The smallest absolute Gasteiger partial charge is 0.261 e. The van der Waals surface area contributed by atoms with Crippen LogP contribution in [0, 0.1) is 0 Å². The average molecular weight is 496 g/mol. The zero-order valence-corrected chi connectivity index (χ0v) is 19.5. The van der Waals surface area contributed by atoms with Crippen LogP contribution >= 0.6 is 35.4 Å². The van der Waals surface area contributed by atoms with Gasteiger partial charge in [0.05, 0.1) is 27.2 Å². The van der Waals surface area contributed by atoms with Gasteiger partial charge in [-0.3, -0.25) is 4.72 Å². The van der Waals surface area contributed by atoms with E-state index < -0.39 is 10.0 Å². The lowest BCUT2D eigenvalue weighted by atomic mass is 10.3. The number of hydrogen-bond donors (Lipinski definition) is 3. The van der Waals surface area contributed by atoms with E-state index in [0.717, 1.165) is 11.4 Å². The predicted molar refractivity (Wildman–Crippen MR) is 131 cm³/mol. The highest BCUT2D eigenvalue weighted by molar-refractivity contribution is 7.92. The number of anilines is 3. The number of halogens is 2. The molecule has 0 aliphatic heterocycles. The summed E-state index contributed by atoms with van der Waals surface area (Å²) in [5.74, 6) is 0.776. The highest BCUT2D eigenvalue weighted by atomic mass is 35.5. The minimum Gasteiger partial charge on any atom is -0.494 e. The molecule has 0 amide bonds. The zero-order valence-electron chi connectivity index (χ0n) is 16.4.